The molecule has 0 amide bonds. The van der Waals surface area contributed by atoms with E-state index in [4.69, 9.17) is 4.74 Å². The van der Waals surface area contributed by atoms with Gasteiger partial charge in [-0.15, -0.1) is 0 Å². The van der Waals surface area contributed by atoms with Crippen LogP contribution in [0.4, 0.5) is 13.2 Å². The molecule has 90 valence electrons. The molecule has 1 saturated carbocycles. The number of hydrogen-bond acceptors (Lipinski definition) is 2. The van der Waals surface area contributed by atoms with Crippen LogP contribution in [0, 0.1) is 0 Å². The minimum Gasteiger partial charge on any atom is -0.378 e. The molecule has 1 aliphatic carbocycles. The third-order valence-electron chi connectivity index (χ3n) is 2.52. The molecule has 1 N–H and O–H groups in total. The number of rotatable bonds is 6. The lowest BCUT2D eigenvalue weighted by molar-refractivity contribution is -0.153. The van der Waals surface area contributed by atoms with Crippen molar-refractivity contribution >= 4 is 0 Å². The van der Waals surface area contributed by atoms with Crippen LogP contribution in [0.2, 0.25) is 0 Å². The van der Waals surface area contributed by atoms with Gasteiger partial charge in [0.25, 0.3) is 0 Å². The molecular weight excluding hydrogens is 207 g/mol. The Hall–Kier alpha value is -0.290. The molecule has 2 nitrogen and oxygen atoms in total. The first-order chi connectivity index (χ1) is 7.01. The molecule has 0 atom stereocenters. The number of ether oxygens (including phenoxy) is 1. The molecule has 1 fully saturated rings. The second-order valence-corrected chi connectivity index (χ2v) is 3.98. The smallest absolute Gasteiger partial charge is 0.378 e. The highest BCUT2D eigenvalue weighted by Crippen LogP contribution is 2.25. The summed E-state index contributed by atoms with van der Waals surface area (Å²) in [6, 6.07) is 0.445. The second kappa shape index (κ2) is 5.70. The highest BCUT2D eigenvalue weighted by molar-refractivity contribution is 4.85. The van der Waals surface area contributed by atoms with Crippen LogP contribution in [0.3, 0.4) is 0 Å². The molecule has 1 aliphatic rings. The predicted octanol–water partition coefficient (Wildman–Crippen LogP) is 2.49. The van der Waals surface area contributed by atoms with E-state index in [0.717, 1.165) is 25.8 Å². The fraction of sp³-hybridized carbons (Fsp3) is 1.00. The standard InChI is InChI=1S/C10H18F3NO/c1-2-4-14-8-6-9(7-8)15-5-3-10(11,12)13/h8-9,14H,2-7H2,1H3. The van der Waals surface area contributed by atoms with Crippen molar-refractivity contribution in [3.63, 3.8) is 0 Å². The van der Waals surface area contributed by atoms with Gasteiger partial charge in [-0.2, -0.15) is 13.2 Å². The first-order valence-corrected chi connectivity index (χ1v) is 5.43. The van der Waals surface area contributed by atoms with E-state index in [1.807, 2.05) is 0 Å². The SMILES string of the molecule is CCCNC1CC(OCCC(F)(F)F)C1. The normalized spacial score (nSPS) is 26.4. The van der Waals surface area contributed by atoms with Crippen LogP contribution in [0.15, 0.2) is 0 Å². The van der Waals surface area contributed by atoms with Crippen LogP contribution in [0.1, 0.15) is 32.6 Å². The van der Waals surface area contributed by atoms with Gasteiger partial charge in [-0.3, -0.25) is 0 Å². The number of nitrogens with one attached hydrogen (secondary N) is 1. The van der Waals surface area contributed by atoms with Gasteiger partial charge in [0.15, 0.2) is 0 Å². The Morgan fingerprint density at radius 2 is 2.00 bits per heavy atom. The Morgan fingerprint density at radius 3 is 2.53 bits per heavy atom. The van der Waals surface area contributed by atoms with Gasteiger partial charge in [0.05, 0.1) is 19.1 Å². The first kappa shape index (κ1) is 12.8. The van der Waals surface area contributed by atoms with Crippen LogP contribution in [0.25, 0.3) is 0 Å². The topological polar surface area (TPSA) is 21.3 Å². The Kier molecular flexibility index (Phi) is 4.86. The quantitative estimate of drug-likeness (QED) is 0.749. The van der Waals surface area contributed by atoms with Crippen molar-refractivity contribution in [1.82, 2.24) is 5.32 Å². The average molecular weight is 225 g/mol. The van der Waals surface area contributed by atoms with Crippen molar-refractivity contribution in [3.8, 4) is 0 Å². The molecule has 15 heavy (non-hydrogen) atoms. The van der Waals surface area contributed by atoms with E-state index in [0.29, 0.717) is 6.04 Å². The highest BCUT2D eigenvalue weighted by atomic mass is 19.4. The molecule has 5 heteroatoms. The molecule has 0 aromatic heterocycles. The zero-order chi connectivity index (χ0) is 11.3. The molecule has 0 aliphatic heterocycles. The zero-order valence-electron chi connectivity index (χ0n) is 8.94. The zero-order valence-corrected chi connectivity index (χ0v) is 8.94. The van der Waals surface area contributed by atoms with Gasteiger partial charge in [0.2, 0.25) is 0 Å². The minimum absolute atomic E-state index is 0.0294. The Bertz CT molecular complexity index is 178. The van der Waals surface area contributed by atoms with Gasteiger partial charge in [-0.25, -0.2) is 0 Å². The van der Waals surface area contributed by atoms with E-state index in [1.165, 1.54) is 0 Å². The maximum atomic E-state index is 11.8. The summed E-state index contributed by atoms with van der Waals surface area (Å²) in [4.78, 5) is 0. The van der Waals surface area contributed by atoms with Crippen molar-refractivity contribution in [2.24, 2.45) is 0 Å². The van der Waals surface area contributed by atoms with Gasteiger partial charge in [-0.05, 0) is 25.8 Å². The molecule has 0 unspecified atom stereocenters. The molecule has 0 heterocycles. The van der Waals surface area contributed by atoms with Crippen LogP contribution in [-0.2, 0) is 4.74 Å². The van der Waals surface area contributed by atoms with Crippen molar-refractivity contribution in [2.45, 2.75) is 50.9 Å². The lowest BCUT2D eigenvalue weighted by Gasteiger charge is -2.35. The van der Waals surface area contributed by atoms with Crippen molar-refractivity contribution in [3.05, 3.63) is 0 Å². The maximum absolute atomic E-state index is 11.8. The van der Waals surface area contributed by atoms with Gasteiger partial charge in [0.1, 0.15) is 0 Å². The molecule has 1 rings (SSSR count). The third-order valence-corrected chi connectivity index (χ3v) is 2.52. The van der Waals surface area contributed by atoms with Crippen molar-refractivity contribution in [1.29, 1.82) is 0 Å². The Balaban J connectivity index is 1.94. The van der Waals surface area contributed by atoms with E-state index < -0.39 is 12.6 Å². The molecule has 0 saturated heterocycles. The summed E-state index contributed by atoms with van der Waals surface area (Å²) in [6.07, 6.45) is -2.13. The fourth-order valence-electron chi connectivity index (χ4n) is 1.56. The summed E-state index contributed by atoms with van der Waals surface area (Å²) in [5, 5.41) is 3.30. The van der Waals surface area contributed by atoms with Gasteiger partial charge in [-0.1, -0.05) is 6.92 Å². The number of halogens is 3. The van der Waals surface area contributed by atoms with Gasteiger partial charge >= 0.3 is 6.18 Å². The number of hydrogen-bond donors (Lipinski definition) is 1. The van der Waals surface area contributed by atoms with Gasteiger partial charge < -0.3 is 10.1 Å². The van der Waals surface area contributed by atoms with E-state index in [1.54, 1.807) is 0 Å². The number of alkyl halides is 3. The minimum atomic E-state index is -4.09. The first-order valence-electron chi connectivity index (χ1n) is 5.43. The summed E-state index contributed by atoms with van der Waals surface area (Å²) in [7, 11) is 0. The summed E-state index contributed by atoms with van der Waals surface area (Å²) in [6.45, 7) is 2.86. The van der Waals surface area contributed by atoms with Crippen LogP contribution in [-0.4, -0.2) is 31.5 Å². The Morgan fingerprint density at radius 1 is 1.33 bits per heavy atom. The molecule has 0 aromatic rings. The molecule has 0 aromatic carbocycles. The van der Waals surface area contributed by atoms with Gasteiger partial charge in [0, 0.05) is 6.04 Å². The summed E-state index contributed by atoms with van der Waals surface area (Å²) in [5.74, 6) is 0. The summed E-state index contributed by atoms with van der Waals surface area (Å²) in [5.41, 5.74) is 0. The van der Waals surface area contributed by atoms with Crippen molar-refractivity contribution in [2.75, 3.05) is 13.2 Å². The van der Waals surface area contributed by atoms with E-state index >= 15 is 0 Å². The lowest BCUT2D eigenvalue weighted by atomic mass is 9.89. The summed E-state index contributed by atoms with van der Waals surface area (Å²) < 4.78 is 40.4. The summed E-state index contributed by atoms with van der Waals surface area (Å²) >= 11 is 0. The van der Waals surface area contributed by atoms with E-state index in [9.17, 15) is 13.2 Å². The lowest BCUT2D eigenvalue weighted by Crippen LogP contribution is -2.45. The molecular formula is C10H18F3NO. The maximum Gasteiger partial charge on any atom is 0.391 e. The van der Waals surface area contributed by atoms with Crippen LogP contribution >= 0.6 is 0 Å². The highest BCUT2D eigenvalue weighted by Gasteiger charge is 2.31. The molecule has 0 spiro atoms. The second-order valence-electron chi connectivity index (χ2n) is 3.98. The van der Waals surface area contributed by atoms with Crippen LogP contribution in [0.5, 0.6) is 0 Å². The van der Waals surface area contributed by atoms with Crippen LogP contribution < -0.4 is 5.32 Å². The monoisotopic (exact) mass is 225 g/mol. The average Bonchev–Trinajstić information content (AvgIpc) is 2.05. The molecule has 0 radical (unpaired) electrons. The largest absolute Gasteiger partial charge is 0.391 e. The fourth-order valence-corrected chi connectivity index (χ4v) is 1.56. The third kappa shape index (κ3) is 5.37. The van der Waals surface area contributed by atoms with E-state index in [-0.39, 0.29) is 12.7 Å². The predicted molar refractivity (Wildman–Crippen MR) is 51.7 cm³/mol. The van der Waals surface area contributed by atoms with E-state index in [2.05, 4.69) is 12.2 Å². The van der Waals surface area contributed by atoms with Crippen molar-refractivity contribution < 1.29 is 17.9 Å². The molecule has 0 bridgehead atoms. The Labute approximate surface area is 88.2 Å².